The predicted octanol–water partition coefficient (Wildman–Crippen LogP) is 4.53. The van der Waals surface area contributed by atoms with Crippen LogP contribution in [0.5, 0.6) is 0 Å². The van der Waals surface area contributed by atoms with Crippen molar-refractivity contribution in [1.29, 1.82) is 0 Å². The van der Waals surface area contributed by atoms with Crippen LogP contribution in [0.25, 0.3) is 0 Å². The first-order chi connectivity index (χ1) is 11.8. The van der Waals surface area contributed by atoms with E-state index in [2.05, 4.69) is 21.2 Å². The molecule has 25 heavy (non-hydrogen) atoms. The summed E-state index contributed by atoms with van der Waals surface area (Å²) in [7, 11) is 0. The summed E-state index contributed by atoms with van der Waals surface area (Å²) in [5.74, 6) is -1.02. The number of nitrogens with one attached hydrogen (secondary N) is 1. The second-order valence-corrected chi connectivity index (χ2v) is 7.04. The van der Waals surface area contributed by atoms with Crippen molar-refractivity contribution in [3.05, 3.63) is 70.2 Å². The van der Waals surface area contributed by atoms with E-state index in [0.717, 1.165) is 10.0 Å². The van der Waals surface area contributed by atoms with Crippen molar-refractivity contribution >= 4 is 28.0 Å². The van der Waals surface area contributed by atoms with E-state index in [0.29, 0.717) is 5.56 Å². The molecule has 6 heteroatoms. The molecule has 1 atom stereocenters. The highest BCUT2D eigenvalue weighted by Crippen LogP contribution is 2.37. The molecule has 0 bridgehead atoms. The van der Waals surface area contributed by atoms with Gasteiger partial charge in [-0.05, 0) is 31.0 Å². The fourth-order valence-corrected chi connectivity index (χ4v) is 2.88. The molecule has 2 rings (SSSR count). The van der Waals surface area contributed by atoms with E-state index in [4.69, 9.17) is 4.74 Å². The number of hydrogen-bond acceptors (Lipinski definition) is 3. The zero-order valence-electron chi connectivity index (χ0n) is 14.0. The Balaban J connectivity index is 2.17. The fraction of sp³-hybridized carbons (Fsp3) is 0.263. The molecule has 0 aliphatic heterocycles. The number of halogens is 1. The molecular formula is C19H20BrNO4. The molecule has 0 aliphatic carbocycles. The lowest BCUT2D eigenvalue weighted by atomic mass is 9.80. The predicted molar refractivity (Wildman–Crippen MR) is 98.1 cm³/mol. The van der Waals surface area contributed by atoms with E-state index in [9.17, 15) is 14.7 Å². The van der Waals surface area contributed by atoms with Crippen LogP contribution in [-0.4, -0.2) is 17.2 Å². The van der Waals surface area contributed by atoms with Crippen LogP contribution in [0.2, 0.25) is 0 Å². The van der Waals surface area contributed by atoms with Crippen molar-refractivity contribution in [2.45, 2.75) is 26.5 Å². The van der Waals surface area contributed by atoms with Crippen LogP contribution in [0.3, 0.4) is 0 Å². The molecule has 2 aromatic carbocycles. The van der Waals surface area contributed by atoms with Gasteiger partial charge in [0.25, 0.3) is 0 Å². The number of carbonyl (C=O) groups excluding carboxylic acids is 1. The standard InChI is InChI=1S/C19H20BrNO4/c1-19(2,17(22)23)16(14-10-6-7-11-15(14)20)21-18(24)25-12-13-8-4-3-5-9-13/h3-11,16H,12H2,1-2H3,(H,21,24)(H,22,23)/t16-/m1/s1. The van der Waals surface area contributed by atoms with Crippen LogP contribution in [-0.2, 0) is 16.1 Å². The van der Waals surface area contributed by atoms with Crippen LogP contribution < -0.4 is 5.32 Å². The van der Waals surface area contributed by atoms with Crippen molar-refractivity contribution in [3.63, 3.8) is 0 Å². The first kappa shape index (κ1) is 19.0. The maximum atomic E-state index is 12.2. The topological polar surface area (TPSA) is 75.6 Å². The monoisotopic (exact) mass is 405 g/mol. The first-order valence-electron chi connectivity index (χ1n) is 7.77. The molecule has 0 spiro atoms. The number of carboxylic acids is 1. The largest absolute Gasteiger partial charge is 0.481 e. The first-order valence-corrected chi connectivity index (χ1v) is 8.56. The van der Waals surface area contributed by atoms with Gasteiger partial charge in [-0.15, -0.1) is 0 Å². The number of aliphatic carboxylic acids is 1. The minimum Gasteiger partial charge on any atom is -0.481 e. The molecule has 0 aliphatic rings. The van der Waals surface area contributed by atoms with Crippen LogP contribution in [0.4, 0.5) is 4.79 Å². The number of alkyl carbamates (subject to hydrolysis) is 1. The Morgan fingerprint density at radius 2 is 1.72 bits per heavy atom. The Morgan fingerprint density at radius 3 is 2.32 bits per heavy atom. The van der Waals surface area contributed by atoms with Crippen molar-refractivity contribution in [2.75, 3.05) is 0 Å². The summed E-state index contributed by atoms with van der Waals surface area (Å²) < 4.78 is 5.96. The van der Waals surface area contributed by atoms with Gasteiger partial charge in [0.05, 0.1) is 11.5 Å². The molecule has 0 heterocycles. The van der Waals surface area contributed by atoms with Gasteiger partial charge in [-0.3, -0.25) is 4.79 Å². The van der Waals surface area contributed by atoms with Gasteiger partial charge in [0.2, 0.25) is 0 Å². The minimum absolute atomic E-state index is 0.114. The molecule has 0 saturated heterocycles. The molecule has 0 saturated carbocycles. The number of carbonyl (C=O) groups is 2. The summed E-state index contributed by atoms with van der Waals surface area (Å²) >= 11 is 3.42. The molecule has 0 aromatic heterocycles. The number of benzene rings is 2. The highest BCUT2D eigenvalue weighted by Gasteiger charge is 2.40. The molecule has 1 amide bonds. The molecule has 0 unspecified atom stereocenters. The summed E-state index contributed by atoms with van der Waals surface area (Å²) in [5, 5.41) is 12.3. The number of amides is 1. The summed E-state index contributed by atoms with van der Waals surface area (Å²) in [6.45, 7) is 3.25. The lowest BCUT2D eigenvalue weighted by molar-refractivity contribution is -0.148. The van der Waals surface area contributed by atoms with Crippen molar-refractivity contribution in [1.82, 2.24) is 5.32 Å². The zero-order valence-corrected chi connectivity index (χ0v) is 15.6. The van der Waals surface area contributed by atoms with Crippen molar-refractivity contribution in [2.24, 2.45) is 5.41 Å². The van der Waals surface area contributed by atoms with Crippen LogP contribution in [0, 0.1) is 5.41 Å². The second-order valence-electron chi connectivity index (χ2n) is 6.19. The molecule has 5 nitrogen and oxygen atoms in total. The number of rotatable bonds is 6. The Labute approximate surface area is 155 Å². The van der Waals surface area contributed by atoms with Crippen molar-refractivity contribution < 1.29 is 19.4 Å². The van der Waals surface area contributed by atoms with Crippen LogP contribution >= 0.6 is 15.9 Å². The smallest absolute Gasteiger partial charge is 0.407 e. The van der Waals surface area contributed by atoms with Gasteiger partial charge in [0.1, 0.15) is 6.61 Å². The maximum Gasteiger partial charge on any atom is 0.407 e. The average Bonchev–Trinajstić information content (AvgIpc) is 2.59. The fourth-order valence-electron chi connectivity index (χ4n) is 2.36. The van der Waals surface area contributed by atoms with E-state index in [-0.39, 0.29) is 6.61 Å². The third-order valence-corrected chi connectivity index (χ3v) is 4.69. The zero-order chi connectivity index (χ0) is 18.4. The minimum atomic E-state index is -1.23. The van der Waals surface area contributed by atoms with E-state index >= 15 is 0 Å². The van der Waals surface area contributed by atoms with Gasteiger partial charge in [-0.25, -0.2) is 4.79 Å². The van der Waals surface area contributed by atoms with Gasteiger partial charge >= 0.3 is 12.1 Å². The molecule has 2 aromatic rings. The van der Waals surface area contributed by atoms with Crippen LogP contribution in [0.15, 0.2) is 59.1 Å². The Hall–Kier alpha value is -2.34. The molecule has 2 N–H and O–H groups in total. The summed E-state index contributed by atoms with van der Waals surface area (Å²) in [6.07, 6.45) is -0.668. The lowest BCUT2D eigenvalue weighted by Crippen LogP contribution is -2.42. The number of ether oxygens (including phenoxy) is 1. The molecule has 0 fully saturated rings. The molecular weight excluding hydrogens is 386 g/mol. The Kier molecular flexibility index (Phi) is 6.20. The summed E-state index contributed by atoms with van der Waals surface area (Å²) in [5.41, 5.74) is 0.300. The number of hydrogen-bond donors (Lipinski definition) is 2. The van der Waals surface area contributed by atoms with E-state index in [1.165, 1.54) is 0 Å². The van der Waals surface area contributed by atoms with Gasteiger partial charge in [0.15, 0.2) is 0 Å². The van der Waals surface area contributed by atoms with Crippen LogP contribution in [0.1, 0.15) is 31.0 Å². The summed E-state index contributed by atoms with van der Waals surface area (Å²) in [6, 6.07) is 15.7. The van der Waals surface area contributed by atoms with Gasteiger partial charge in [-0.2, -0.15) is 0 Å². The number of carboxylic acid groups (broad SMARTS) is 1. The van der Waals surface area contributed by atoms with E-state index in [1.54, 1.807) is 32.0 Å². The highest BCUT2D eigenvalue weighted by atomic mass is 79.9. The SMILES string of the molecule is CC(C)(C(=O)O)[C@H](NC(=O)OCc1ccccc1)c1ccccc1Br. The second kappa shape index (κ2) is 8.16. The average molecular weight is 406 g/mol. The third kappa shape index (κ3) is 4.82. The van der Waals surface area contributed by atoms with Gasteiger partial charge < -0.3 is 15.2 Å². The summed E-state index contributed by atoms with van der Waals surface area (Å²) in [4.78, 5) is 23.9. The molecule has 132 valence electrons. The lowest BCUT2D eigenvalue weighted by Gasteiger charge is -2.31. The van der Waals surface area contributed by atoms with Crippen molar-refractivity contribution in [3.8, 4) is 0 Å². The van der Waals surface area contributed by atoms with Gasteiger partial charge in [-0.1, -0.05) is 64.5 Å². The molecule has 0 radical (unpaired) electrons. The quantitative estimate of drug-likeness (QED) is 0.739. The normalized spacial score (nSPS) is 12.3. The van der Waals surface area contributed by atoms with E-state index in [1.807, 2.05) is 36.4 Å². The Morgan fingerprint density at radius 1 is 1.12 bits per heavy atom. The maximum absolute atomic E-state index is 12.2. The Bertz CT molecular complexity index is 746. The highest BCUT2D eigenvalue weighted by molar-refractivity contribution is 9.10. The van der Waals surface area contributed by atoms with E-state index < -0.39 is 23.5 Å². The third-order valence-electron chi connectivity index (χ3n) is 3.96. The van der Waals surface area contributed by atoms with Gasteiger partial charge in [0, 0.05) is 4.47 Å².